The molecule has 0 aromatic heterocycles. The van der Waals surface area contributed by atoms with E-state index < -0.39 is 0 Å². The van der Waals surface area contributed by atoms with E-state index in [0.717, 1.165) is 38.3 Å². The van der Waals surface area contributed by atoms with Crippen molar-refractivity contribution in [1.29, 1.82) is 0 Å². The molecule has 0 bridgehead atoms. The number of benzene rings is 1. The van der Waals surface area contributed by atoms with Crippen molar-refractivity contribution < 1.29 is 9.13 Å². The smallest absolute Gasteiger partial charge is 0.125 e. The third-order valence-electron chi connectivity index (χ3n) is 2.58. The second kappa shape index (κ2) is 8.03. The van der Waals surface area contributed by atoms with Gasteiger partial charge in [0.1, 0.15) is 5.82 Å². The summed E-state index contributed by atoms with van der Waals surface area (Å²) in [5.41, 5.74) is 0.918. The second-order valence-electron chi connectivity index (χ2n) is 4.00. The summed E-state index contributed by atoms with van der Waals surface area (Å²) in [4.78, 5) is 2.06. The third-order valence-corrected chi connectivity index (χ3v) is 2.58. The molecule has 0 saturated heterocycles. The van der Waals surface area contributed by atoms with Crippen molar-refractivity contribution in [1.82, 2.24) is 5.32 Å². The third kappa shape index (κ3) is 5.65. The van der Waals surface area contributed by atoms with Crippen LogP contribution in [0, 0.1) is 5.82 Å². The van der Waals surface area contributed by atoms with Crippen molar-refractivity contribution in [2.45, 2.75) is 6.42 Å². The zero-order chi connectivity index (χ0) is 12.5. The van der Waals surface area contributed by atoms with Crippen LogP contribution in [0.2, 0.25) is 0 Å². The molecule has 3 nitrogen and oxygen atoms in total. The van der Waals surface area contributed by atoms with Crippen molar-refractivity contribution in [3.8, 4) is 0 Å². The molecule has 0 radical (unpaired) electrons. The fraction of sp³-hybridized carbons (Fsp3) is 0.538. The molecule has 0 aliphatic heterocycles. The molecule has 0 unspecified atom stereocenters. The number of methoxy groups -OCH3 is 1. The van der Waals surface area contributed by atoms with E-state index in [2.05, 4.69) is 10.2 Å². The van der Waals surface area contributed by atoms with Gasteiger partial charge in [0, 0.05) is 32.9 Å². The molecule has 1 rings (SSSR count). The van der Waals surface area contributed by atoms with Gasteiger partial charge in [-0.3, -0.25) is 0 Å². The van der Waals surface area contributed by atoms with Gasteiger partial charge in [-0.05, 0) is 31.2 Å². The molecule has 0 amide bonds. The maximum atomic E-state index is 13.0. The normalized spacial score (nSPS) is 10.5. The molecule has 0 spiro atoms. The van der Waals surface area contributed by atoms with Crippen molar-refractivity contribution in [3.05, 3.63) is 30.1 Å². The van der Waals surface area contributed by atoms with Gasteiger partial charge in [-0.25, -0.2) is 4.39 Å². The Balaban J connectivity index is 2.19. The Morgan fingerprint density at radius 2 is 2.18 bits per heavy atom. The highest BCUT2D eigenvalue weighted by molar-refractivity contribution is 5.45. The summed E-state index contributed by atoms with van der Waals surface area (Å²) in [6.07, 6.45) is 1.02. The summed E-state index contributed by atoms with van der Waals surface area (Å²) in [6, 6.07) is 6.67. The van der Waals surface area contributed by atoms with Gasteiger partial charge >= 0.3 is 0 Å². The lowest BCUT2D eigenvalue weighted by Gasteiger charge is -2.19. The molecule has 0 heterocycles. The summed E-state index contributed by atoms with van der Waals surface area (Å²) in [7, 11) is 3.67. The van der Waals surface area contributed by atoms with Crippen LogP contribution in [0.4, 0.5) is 10.1 Å². The number of nitrogens with zero attached hydrogens (tertiary/aromatic N) is 1. The highest BCUT2D eigenvalue weighted by atomic mass is 19.1. The van der Waals surface area contributed by atoms with E-state index >= 15 is 0 Å². The van der Waals surface area contributed by atoms with Gasteiger partial charge in [0.15, 0.2) is 0 Å². The van der Waals surface area contributed by atoms with Gasteiger partial charge < -0.3 is 15.0 Å². The van der Waals surface area contributed by atoms with Gasteiger partial charge in [-0.2, -0.15) is 0 Å². The monoisotopic (exact) mass is 240 g/mol. The van der Waals surface area contributed by atoms with Crippen LogP contribution in [0.5, 0.6) is 0 Å². The highest BCUT2D eigenvalue weighted by Crippen LogP contribution is 2.13. The lowest BCUT2D eigenvalue weighted by molar-refractivity contribution is 0.199. The minimum atomic E-state index is -0.187. The van der Waals surface area contributed by atoms with Crippen LogP contribution in [0.1, 0.15) is 6.42 Å². The van der Waals surface area contributed by atoms with Gasteiger partial charge in [0.05, 0.1) is 6.61 Å². The second-order valence-corrected chi connectivity index (χ2v) is 4.00. The van der Waals surface area contributed by atoms with Crippen LogP contribution in [-0.4, -0.2) is 40.4 Å². The molecule has 0 aliphatic rings. The maximum absolute atomic E-state index is 13.0. The first kappa shape index (κ1) is 13.9. The largest absolute Gasteiger partial charge is 0.383 e. The summed E-state index contributed by atoms with van der Waals surface area (Å²) < 4.78 is 17.9. The first-order valence-electron chi connectivity index (χ1n) is 5.90. The molecular weight excluding hydrogens is 219 g/mol. The number of hydrogen-bond donors (Lipinski definition) is 1. The van der Waals surface area contributed by atoms with Gasteiger partial charge in [0.2, 0.25) is 0 Å². The zero-order valence-electron chi connectivity index (χ0n) is 10.6. The average molecular weight is 240 g/mol. The standard InChI is InChI=1S/C13H21FN2O/c1-16(9-4-7-15-8-10-17-2)13-6-3-5-12(14)11-13/h3,5-6,11,15H,4,7-10H2,1-2H3. The zero-order valence-corrected chi connectivity index (χ0v) is 10.6. The topological polar surface area (TPSA) is 24.5 Å². The first-order chi connectivity index (χ1) is 8.24. The van der Waals surface area contributed by atoms with Gasteiger partial charge in [-0.1, -0.05) is 6.07 Å². The number of ether oxygens (including phenoxy) is 1. The average Bonchev–Trinajstić information content (AvgIpc) is 2.33. The molecule has 96 valence electrons. The molecule has 17 heavy (non-hydrogen) atoms. The molecule has 0 atom stereocenters. The Hall–Kier alpha value is -1.13. The first-order valence-corrected chi connectivity index (χ1v) is 5.90. The highest BCUT2D eigenvalue weighted by Gasteiger charge is 2.01. The molecule has 0 aliphatic carbocycles. The molecule has 1 aromatic rings. The summed E-state index contributed by atoms with van der Waals surface area (Å²) in [5, 5.41) is 3.28. The number of nitrogens with one attached hydrogen (secondary N) is 1. The Morgan fingerprint density at radius 3 is 2.88 bits per heavy atom. The molecule has 0 fully saturated rings. The minimum Gasteiger partial charge on any atom is -0.383 e. The number of hydrogen-bond acceptors (Lipinski definition) is 3. The van der Waals surface area contributed by atoms with E-state index in [1.165, 1.54) is 6.07 Å². The predicted octanol–water partition coefficient (Wildman–Crippen LogP) is 1.89. The quantitative estimate of drug-likeness (QED) is 0.702. The Kier molecular flexibility index (Phi) is 6.58. The predicted molar refractivity (Wildman–Crippen MR) is 69.0 cm³/mol. The van der Waals surface area contributed by atoms with Crippen molar-refractivity contribution in [2.75, 3.05) is 45.3 Å². The van der Waals surface area contributed by atoms with E-state index in [1.807, 2.05) is 13.1 Å². The van der Waals surface area contributed by atoms with Crippen molar-refractivity contribution in [2.24, 2.45) is 0 Å². The van der Waals surface area contributed by atoms with Crippen LogP contribution < -0.4 is 10.2 Å². The van der Waals surface area contributed by atoms with E-state index in [4.69, 9.17) is 4.74 Å². The van der Waals surface area contributed by atoms with Crippen LogP contribution in [-0.2, 0) is 4.74 Å². The van der Waals surface area contributed by atoms with Crippen molar-refractivity contribution >= 4 is 5.69 Å². The molecule has 1 aromatic carbocycles. The molecule has 4 heteroatoms. The lowest BCUT2D eigenvalue weighted by atomic mass is 10.2. The van der Waals surface area contributed by atoms with Crippen LogP contribution >= 0.6 is 0 Å². The molecule has 0 saturated carbocycles. The summed E-state index contributed by atoms with van der Waals surface area (Å²) in [5.74, 6) is -0.187. The van der Waals surface area contributed by atoms with E-state index in [9.17, 15) is 4.39 Å². The Labute approximate surface area is 103 Å². The summed E-state index contributed by atoms with van der Waals surface area (Å²) >= 11 is 0. The fourth-order valence-corrected chi connectivity index (χ4v) is 1.58. The Morgan fingerprint density at radius 1 is 1.35 bits per heavy atom. The van der Waals surface area contributed by atoms with E-state index in [-0.39, 0.29) is 5.82 Å². The minimum absolute atomic E-state index is 0.187. The number of rotatable bonds is 8. The number of anilines is 1. The van der Waals surface area contributed by atoms with Gasteiger partial charge in [-0.15, -0.1) is 0 Å². The van der Waals surface area contributed by atoms with Crippen LogP contribution in [0.15, 0.2) is 24.3 Å². The van der Waals surface area contributed by atoms with Crippen LogP contribution in [0.25, 0.3) is 0 Å². The lowest BCUT2D eigenvalue weighted by Crippen LogP contribution is -2.25. The van der Waals surface area contributed by atoms with Crippen molar-refractivity contribution in [3.63, 3.8) is 0 Å². The summed E-state index contributed by atoms with van der Waals surface area (Å²) in [6.45, 7) is 3.46. The van der Waals surface area contributed by atoms with E-state index in [1.54, 1.807) is 19.2 Å². The van der Waals surface area contributed by atoms with Crippen LogP contribution in [0.3, 0.4) is 0 Å². The number of halogens is 1. The Bertz CT molecular complexity index is 320. The molecule has 1 N–H and O–H groups in total. The maximum Gasteiger partial charge on any atom is 0.125 e. The molecular formula is C13H21FN2O. The van der Waals surface area contributed by atoms with E-state index in [0.29, 0.717) is 0 Å². The fourth-order valence-electron chi connectivity index (χ4n) is 1.58. The SMILES string of the molecule is COCCNCCCN(C)c1cccc(F)c1. The van der Waals surface area contributed by atoms with Gasteiger partial charge in [0.25, 0.3) is 0 Å².